The molecule has 1 aliphatic rings. The van der Waals surface area contributed by atoms with Gasteiger partial charge in [0.25, 0.3) is 0 Å². The number of hydrogen-bond acceptors (Lipinski definition) is 2. The van der Waals surface area contributed by atoms with E-state index in [0.717, 1.165) is 18.2 Å². The molecule has 0 radical (unpaired) electrons. The SMILES string of the molecule is Nc1ccc(NCCCC2CCCC2)c(Cl)c1. The molecule has 0 aromatic heterocycles. The summed E-state index contributed by atoms with van der Waals surface area (Å²) in [5.41, 5.74) is 7.36. The fourth-order valence-electron chi connectivity index (χ4n) is 2.59. The predicted molar refractivity (Wildman–Crippen MR) is 75.5 cm³/mol. The maximum absolute atomic E-state index is 6.09. The third kappa shape index (κ3) is 3.81. The van der Waals surface area contributed by atoms with Crippen molar-refractivity contribution in [1.29, 1.82) is 0 Å². The van der Waals surface area contributed by atoms with E-state index < -0.39 is 0 Å². The lowest BCUT2D eigenvalue weighted by Crippen LogP contribution is -2.04. The molecule has 0 amide bonds. The smallest absolute Gasteiger partial charge is 0.0657 e. The van der Waals surface area contributed by atoms with Crippen molar-refractivity contribution in [1.82, 2.24) is 0 Å². The zero-order chi connectivity index (χ0) is 12.1. The molecule has 0 aliphatic heterocycles. The van der Waals surface area contributed by atoms with Crippen LogP contribution in [-0.4, -0.2) is 6.54 Å². The Hall–Kier alpha value is -0.890. The van der Waals surface area contributed by atoms with Crippen molar-refractivity contribution in [3.05, 3.63) is 23.2 Å². The maximum Gasteiger partial charge on any atom is 0.0657 e. The topological polar surface area (TPSA) is 38.0 Å². The fraction of sp³-hybridized carbons (Fsp3) is 0.571. The first-order chi connectivity index (χ1) is 8.25. The second-order valence-electron chi connectivity index (χ2n) is 4.96. The molecule has 3 heteroatoms. The third-order valence-corrected chi connectivity index (χ3v) is 3.89. The third-order valence-electron chi connectivity index (χ3n) is 3.57. The molecular formula is C14H21ClN2. The molecule has 3 N–H and O–H groups in total. The van der Waals surface area contributed by atoms with Crippen LogP contribution in [0.3, 0.4) is 0 Å². The van der Waals surface area contributed by atoms with E-state index in [0.29, 0.717) is 10.7 Å². The van der Waals surface area contributed by atoms with E-state index in [1.54, 1.807) is 6.07 Å². The molecule has 0 heterocycles. The number of nitrogen functional groups attached to an aromatic ring is 1. The second-order valence-corrected chi connectivity index (χ2v) is 5.37. The van der Waals surface area contributed by atoms with Crippen molar-refractivity contribution in [2.75, 3.05) is 17.6 Å². The highest BCUT2D eigenvalue weighted by Gasteiger charge is 2.13. The van der Waals surface area contributed by atoms with Gasteiger partial charge in [0.2, 0.25) is 0 Å². The molecule has 1 aromatic rings. The normalized spacial score (nSPS) is 16.3. The monoisotopic (exact) mass is 252 g/mol. The molecule has 94 valence electrons. The molecule has 0 spiro atoms. The molecule has 1 saturated carbocycles. The van der Waals surface area contributed by atoms with Gasteiger partial charge >= 0.3 is 0 Å². The lowest BCUT2D eigenvalue weighted by atomic mass is 10.0. The molecule has 0 unspecified atom stereocenters. The average molecular weight is 253 g/mol. The Morgan fingerprint density at radius 1 is 1.29 bits per heavy atom. The Morgan fingerprint density at radius 2 is 2.06 bits per heavy atom. The minimum Gasteiger partial charge on any atom is -0.399 e. The molecule has 17 heavy (non-hydrogen) atoms. The van der Waals surface area contributed by atoms with Gasteiger partial charge < -0.3 is 11.1 Å². The van der Waals surface area contributed by atoms with Crippen LogP contribution in [0.2, 0.25) is 5.02 Å². The first-order valence-corrected chi connectivity index (χ1v) is 6.92. The zero-order valence-corrected chi connectivity index (χ0v) is 11.0. The van der Waals surface area contributed by atoms with Gasteiger partial charge in [0.05, 0.1) is 10.7 Å². The summed E-state index contributed by atoms with van der Waals surface area (Å²) >= 11 is 6.09. The van der Waals surface area contributed by atoms with E-state index in [2.05, 4.69) is 5.32 Å². The minimum atomic E-state index is 0.714. The summed E-state index contributed by atoms with van der Waals surface area (Å²) in [5.74, 6) is 0.971. The lowest BCUT2D eigenvalue weighted by molar-refractivity contribution is 0.491. The van der Waals surface area contributed by atoms with Gasteiger partial charge in [0, 0.05) is 12.2 Å². The average Bonchev–Trinajstić information content (AvgIpc) is 2.79. The van der Waals surface area contributed by atoms with E-state index in [1.165, 1.54) is 38.5 Å². The summed E-state index contributed by atoms with van der Waals surface area (Å²) < 4.78 is 0. The van der Waals surface area contributed by atoms with Crippen molar-refractivity contribution in [2.24, 2.45) is 5.92 Å². The molecule has 1 fully saturated rings. The Bertz CT molecular complexity index is 359. The Kier molecular flexibility index (Phi) is 4.55. The van der Waals surface area contributed by atoms with Crippen LogP contribution in [-0.2, 0) is 0 Å². The van der Waals surface area contributed by atoms with Crippen molar-refractivity contribution in [3.8, 4) is 0 Å². The lowest BCUT2D eigenvalue weighted by Gasteiger charge is -2.11. The van der Waals surface area contributed by atoms with Gasteiger partial charge in [0.1, 0.15) is 0 Å². The van der Waals surface area contributed by atoms with E-state index in [4.69, 9.17) is 17.3 Å². The molecule has 2 nitrogen and oxygen atoms in total. The van der Waals surface area contributed by atoms with Crippen LogP contribution in [0.1, 0.15) is 38.5 Å². The second kappa shape index (κ2) is 6.15. The number of benzene rings is 1. The Balaban J connectivity index is 1.70. The highest BCUT2D eigenvalue weighted by atomic mass is 35.5. The number of nitrogens with two attached hydrogens (primary N) is 1. The van der Waals surface area contributed by atoms with Crippen molar-refractivity contribution < 1.29 is 0 Å². The first kappa shape index (κ1) is 12.6. The molecule has 0 saturated heterocycles. The van der Waals surface area contributed by atoms with E-state index in [9.17, 15) is 0 Å². The molecule has 2 rings (SSSR count). The number of hydrogen-bond donors (Lipinski definition) is 2. The number of anilines is 2. The molecule has 1 aliphatic carbocycles. The summed E-state index contributed by atoms with van der Waals surface area (Å²) in [6, 6.07) is 5.62. The van der Waals surface area contributed by atoms with Crippen LogP contribution in [0.4, 0.5) is 11.4 Å². The van der Waals surface area contributed by atoms with Gasteiger partial charge in [-0.2, -0.15) is 0 Å². The summed E-state index contributed by atoms with van der Waals surface area (Å²) in [6.07, 6.45) is 8.31. The van der Waals surface area contributed by atoms with Crippen molar-refractivity contribution >= 4 is 23.0 Å². The molecule has 1 aromatic carbocycles. The molecule has 0 atom stereocenters. The number of halogens is 1. The quantitative estimate of drug-likeness (QED) is 0.606. The van der Waals surface area contributed by atoms with Crippen LogP contribution in [0, 0.1) is 5.92 Å². The van der Waals surface area contributed by atoms with E-state index in [1.807, 2.05) is 12.1 Å². The van der Waals surface area contributed by atoms with E-state index >= 15 is 0 Å². The van der Waals surface area contributed by atoms with Crippen LogP contribution in [0.25, 0.3) is 0 Å². The predicted octanol–water partition coefficient (Wildman–Crippen LogP) is 4.30. The standard InChI is InChI=1S/C14H21ClN2/c15-13-10-12(16)7-8-14(13)17-9-3-6-11-4-1-2-5-11/h7-8,10-11,17H,1-6,9,16H2. The summed E-state index contributed by atoms with van der Waals surface area (Å²) in [5, 5.41) is 4.09. The van der Waals surface area contributed by atoms with Gasteiger partial charge in [0.15, 0.2) is 0 Å². The highest BCUT2D eigenvalue weighted by Crippen LogP contribution is 2.29. The van der Waals surface area contributed by atoms with Crippen molar-refractivity contribution in [2.45, 2.75) is 38.5 Å². The number of nitrogens with one attached hydrogen (secondary N) is 1. The largest absolute Gasteiger partial charge is 0.399 e. The zero-order valence-electron chi connectivity index (χ0n) is 10.2. The van der Waals surface area contributed by atoms with Gasteiger partial charge in [-0.25, -0.2) is 0 Å². The molecular weight excluding hydrogens is 232 g/mol. The molecule has 0 bridgehead atoms. The van der Waals surface area contributed by atoms with Crippen molar-refractivity contribution in [3.63, 3.8) is 0 Å². The Morgan fingerprint density at radius 3 is 2.76 bits per heavy atom. The maximum atomic E-state index is 6.09. The van der Waals surface area contributed by atoms with E-state index in [-0.39, 0.29) is 0 Å². The summed E-state index contributed by atoms with van der Waals surface area (Å²) in [7, 11) is 0. The van der Waals surface area contributed by atoms with Crippen LogP contribution in [0.15, 0.2) is 18.2 Å². The van der Waals surface area contributed by atoms with Gasteiger partial charge in [-0.3, -0.25) is 0 Å². The van der Waals surface area contributed by atoms with Crippen LogP contribution >= 0.6 is 11.6 Å². The minimum absolute atomic E-state index is 0.714. The van der Waals surface area contributed by atoms with Gasteiger partial charge in [-0.05, 0) is 37.0 Å². The van der Waals surface area contributed by atoms with Gasteiger partial charge in [-0.15, -0.1) is 0 Å². The Labute approximate surface area is 109 Å². The number of rotatable bonds is 5. The van der Waals surface area contributed by atoms with Crippen LogP contribution < -0.4 is 11.1 Å². The van der Waals surface area contributed by atoms with Gasteiger partial charge in [-0.1, -0.05) is 37.3 Å². The van der Waals surface area contributed by atoms with Crippen LogP contribution in [0.5, 0.6) is 0 Å². The summed E-state index contributed by atoms with van der Waals surface area (Å²) in [4.78, 5) is 0. The highest BCUT2D eigenvalue weighted by molar-refractivity contribution is 6.33. The fourth-order valence-corrected chi connectivity index (χ4v) is 2.84. The summed E-state index contributed by atoms with van der Waals surface area (Å²) in [6.45, 7) is 1.00. The first-order valence-electron chi connectivity index (χ1n) is 6.54.